The van der Waals surface area contributed by atoms with Crippen molar-refractivity contribution in [3.05, 3.63) is 72.8 Å². The van der Waals surface area contributed by atoms with Crippen LogP contribution in [0.5, 0.6) is 5.75 Å². The Balaban J connectivity index is 1.68. The number of aromatic amines is 1. The van der Waals surface area contributed by atoms with Gasteiger partial charge in [0.15, 0.2) is 0 Å². The van der Waals surface area contributed by atoms with Crippen LogP contribution in [0.1, 0.15) is 12.5 Å². The summed E-state index contributed by atoms with van der Waals surface area (Å²) in [7, 11) is 0. The minimum absolute atomic E-state index is 0.648. The number of hydrogen-bond donors (Lipinski definition) is 1. The molecule has 0 unspecified atom stereocenters. The fraction of sp³-hybridized carbons (Fsp3) is 0.143. The van der Waals surface area contributed by atoms with E-state index in [1.165, 1.54) is 5.56 Å². The number of ether oxygens (including phenoxy) is 1. The second-order valence-electron chi connectivity index (χ2n) is 6.10. The summed E-state index contributed by atoms with van der Waals surface area (Å²) in [5.41, 5.74) is 6.28. The highest BCUT2D eigenvalue weighted by atomic mass is 16.5. The van der Waals surface area contributed by atoms with Crippen molar-refractivity contribution in [2.24, 2.45) is 0 Å². The maximum atomic E-state index is 5.58. The molecule has 0 saturated carbocycles. The fourth-order valence-corrected chi connectivity index (χ4v) is 2.99. The molecular weight excluding hydrogens is 324 g/mol. The Morgan fingerprint density at radius 3 is 2.81 bits per heavy atom. The van der Waals surface area contributed by atoms with E-state index >= 15 is 0 Å². The average molecular weight is 344 g/mol. The quantitative estimate of drug-likeness (QED) is 0.574. The van der Waals surface area contributed by atoms with E-state index in [4.69, 9.17) is 4.74 Å². The van der Waals surface area contributed by atoms with Gasteiger partial charge in [-0.3, -0.25) is 5.10 Å². The number of nitrogens with one attached hydrogen (secondary N) is 1. The lowest BCUT2D eigenvalue weighted by Gasteiger charge is -2.08. The second kappa shape index (κ2) is 6.88. The van der Waals surface area contributed by atoms with Crippen LogP contribution < -0.4 is 4.74 Å². The number of rotatable bonds is 5. The number of imidazole rings is 1. The first-order valence-electron chi connectivity index (χ1n) is 8.62. The molecule has 0 bridgehead atoms. The van der Waals surface area contributed by atoms with Crippen molar-refractivity contribution in [3.8, 4) is 34.0 Å². The Bertz CT molecular complexity index is 1020. The largest absolute Gasteiger partial charge is 0.494 e. The van der Waals surface area contributed by atoms with Crippen molar-refractivity contribution in [1.82, 2.24) is 19.7 Å². The molecule has 130 valence electrons. The number of aromatic nitrogens is 4. The minimum Gasteiger partial charge on any atom is -0.494 e. The van der Waals surface area contributed by atoms with Crippen molar-refractivity contribution in [2.75, 3.05) is 6.61 Å². The first-order chi connectivity index (χ1) is 12.7. The lowest BCUT2D eigenvalue weighted by atomic mass is 10.1. The van der Waals surface area contributed by atoms with Gasteiger partial charge in [-0.2, -0.15) is 5.10 Å². The Kier molecular flexibility index (Phi) is 4.27. The molecule has 0 saturated heterocycles. The van der Waals surface area contributed by atoms with Gasteiger partial charge >= 0.3 is 0 Å². The van der Waals surface area contributed by atoms with Crippen LogP contribution >= 0.6 is 0 Å². The van der Waals surface area contributed by atoms with Gasteiger partial charge in [0.25, 0.3) is 0 Å². The van der Waals surface area contributed by atoms with Gasteiger partial charge in [-0.1, -0.05) is 24.3 Å². The number of aryl methyl sites for hydroxylation is 1. The van der Waals surface area contributed by atoms with Crippen molar-refractivity contribution in [3.63, 3.8) is 0 Å². The molecule has 4 rings (SSSR count). The average Bonchev–Trinajstić information content (AvgIpc) is 3.35. The van der Waals surface area contributed by atoms with E-state index in [2.05, 4.69) is 46.4 Å². The maximum Gasteiger partial charge on any atom is 0.119 e. The van der Waals surface area contributed by atoms with Crippen LogP contribution in [0.4, 0.5) is 0 Å². The standard InChI is InChI=1S/C21H20N4O/c1-3-26-18-6-4-5-16(11-18)19-13-20(24-23-19)17-8-7-15(2)21(12-17)25-10-9-22-14-25/h4-14H,3H2,1-2H3,(H,23,24). The summed E-state index contributed by atoms with van der Waals surface area (Å²) in [5, 5.41) is 7.63. The number of nitrogens with zero attached hydrogens (tertiary/aromatic N) is 3. The Hall–Kier alpha value is -3.34. The SMILES string of the molecule is CCOc1cccc(-c2cc(-c3ccc(C)c(-n4ccnc4)c3)[nH]n2)c1. The molecule has 2 heterocycles. The molecule has 2 aromatic heterocycles. The molecule has 0 atom stereocenters. The number of benzene rings is 2. The van der Waals surface area contributed by atoms with Crippen LogP contribution in [0.3, 0.4) is 0 Å². The highest BCUT2D eigenvalue weighted by Crippen LogP contribution is 2.28. The molecule has 4 aromatic rings. The van der Waals surface area contributed by atoms with Gasteiger partial charge in [0, 0.05) is 23.5 Å². The van der Waals surface area contributed by atoms with E-state index in [-0.39, 0.29) is 0 Å². The lowest BCUT2D eigenvalue weighted by Crippen LogP contribution is -1.94. The third kappa shape index (κ3) is 3.11. The number of H-pyrrole nitrogens is 1. The third-order valence-corrected chi connectivity index (χ3v) is 4.32. The van der Waals surface area contributed by atoms with E-state index in [1.807, 2.05) is 48.3 Å². The zero-order valence-corrected chi connectivity index (χ0v) is 14.8. The summed E-state index contributed by atoms with van der Waals surface area (Å²) in [6, 6.07) is 16.4. The summed E-state index contributed by atoms with van der Waals surface area (Å²) in [5.74, 6) is 0.854. The van der Waals surface area contributed by atoms with E-state index in [9.17, 15) is 0 Å². The van der Waals surface area contributed by atoms with Gasteiger partial charge in [-0.05, 0) is 43.7 Å². The second-order valence-corrected chi connectivity index (χ2v) is 6.10. The van der Waals surface area contributed by atoms with E-state index in [0.717, 1.165) is 34.0 Å². The normalized spacial score (nSPS) is 10.8. The van der Waals surface area contributed by atoms with E-state index in [0.29, 0.717) is 6.61 Å². The number of hydrogen-bond acceptors (Lipinski definition) is 3. The van der Waals surface area contributed by atoms with Crippen LogP contribution in [0, 0.1) is 6.92 Å². The topological polar surface area (TPSA) is 55.7 Å². The summed E-state index contributed by atoms with van der Waals surface area (Å²) in [6.07, 6.45) is 5.54. The monoisotopic (exact) mass is 344 g/mol. The smallest absolute Gasteiger partial charge is 0.119 e. The van der Waals surface area contributed by atoms with Gasteiger partial charge in [0.05, 0.1) is 30.0 Å². The van der Waals surface area contributed by atoms with Crippen LogP contribution in [-0.2, 0) is 0 Å². The Morgan fingerprint density at radius 2 is 2.00 bits per heavy atom. The van der Waals surface area contributed by atoms with Crippen molar-refractivity contribution in [1.29, 1.82) is 0 Å². The molecule has 0 aliphatic rings. The maximum absolute atomic E-state index is 5.58. The van der Waals surface area contributed by atoms with Crippen LogP contribution in [0.2, 0.25) is 0 Å². The summed E-state index contributed by atoms with van der Waals surface area (Å²) in [6.45, 7) is 4.72. The molecule has 0 aliphatic heterocycles. The van der Waals surface area contributed by atoms with Gasteiger partial charge in [-0.15, -0.1) is 0 Å². The van der Waals surface area contributed by atoms with Crippen molar-refractivity contribution in [2.45, 2.75) is 13.8 Å². The molecule has 5 nitrogen and oxygen atoms in total. The predicted molar refractivity (Wildman–Crippen MR) is 102 cm³/mol. The van der Waals surface area contributed by atoms with E-state index < -0.39 is 0 Å². The first kappa shape index (κ1) is 16.1. The van der Waals surface area contributed by atoms with Crippen LogP contribution in [0.25, 0.3) is 28.2 Å². The summed E-state index contributed by atoms with van der Waals surface area (Å²) >= 11 is 0. The fourth-order valence-electron chi connectivity index (χ4n) is 2.99. The van der Waals surface area contributed by atoms with Gasteiger partial charge in [0.1, 0.15) is 5.75 Å². The molecule has 26 heavy (non-hydrogen) atoms. The van der Waals surface area contributed by atoms with Gasteiger partial charge in [-0.25, -0.2) is 4.98 Å². The molecule has 0 aliphatic carbocycles. The third-order valence-electron chi connectivity index (χ3n) is 4.32. The Labute approximate surface area is 152 Å². The molecular formula is C21H20N4O. The summed E-state index contributed by atoms with van der Waals surface area (Å²) < 4.78 is 7.60. The highest BCUT2D eigenvalue weighted by Gasteiger charge is 2.09. The van der Waals surface area contributed by atoms with Gasteiger partial charge < -0.3 is 9.30 Å². The minimum atomic E-state index is 0.648. The van der Waals surface area contributed by atoms with Crippen molar-refractivity contribution >= 4 is 0 Å². The first-order valence-corrected chi connectivity index (χ1v) is 8.62. The van der Waals surface area contributed by atoms with Gasteiger partial charge in [0.2, 0.25) is 0 Å². The molecule has 2 aromatic carbocycles. The summed E-state index contributed by atoms with van der Waals surface area (Å²) in [4.78, 5) is 4.14. The molecule has 0 spiro atoms. The molecule has 1 N–H and O–H groups in total. The van der Waals surface area contributed by atoms with Crippen LogP contribution in [-0.4, -0.2) is 26.4 Å². The predicted octanol–water partition coefficient (Wildman–Crippen LogP) is 4.64. The zero-order chi connectivity index (χ0) is 17.9. The Morgan fingerprint density at radius 1 is 1.08 bits per heavy atom. The van der Waals surface area contributed by atoms with E-state index in [1.54, 1.807) is 6.20 Å². The van der Waals surface area contributed by atoms with Crippen molar-refractivity contribution < 1.29 is 4.74 Å². The molecule has 0 amide bonds. The lowest BCUT2D eigenvalue weighted by molar-refractivity contribution is 0.340. The molecule has 5 heteroatoms. The molecule has 0 radical (unpaired) electrons. The molecule has 0 fully saturated rings. The highest BCUT2D eigenvalue weighted by molar-refractivity contribution is 5.70. The van der Waals surface area contributed by atoms with Crippen LogP contribution in [0.15, 0.2) is 67.3 Å². The zero-order valence-electron chi connectivity index (χ0n) is 14.8.